The van der Waals surface area contributed by atoms with Crippen LogP contribution < -0.4 is 0 Å². The molecule has 1 aliphatic heterocycles. The van der Waals surface area contributed by atoms with Gasteiger partial charge in [0.1, 0.15) is 5.82 Å². The van der Waals surface area contributed by atoms with Crippen LogP contribution in [0, 0.1) is 12.7 Å². The molecule has 0 aliphatic carbocycles. The van der Waals surface area contributed by atoms with Gasteiger partial charge in [-0.2, -0.15) is 0 Å². The van der Waals surface area contributed by atoms with Gasteiger partial charge in [0.15, 0.2) is 0 Å². The van der Waals surface area contributed by atoms with E-state index in [4.69, 9.17) is 0 Å². The van der Waals surface area contributed by atoms with Gasteiger partial charge in [-0.3, -0.25) is 9.78 Å². The molecule has 3 nitrogen and oxygen atoms in total. The Morgan fingerprint density at radius 2 is 2.05 bits per heavy atom. The van der Waals surface area contributed by atoms with Gasteiger partial charge in [0.25, 0.3) is 5.91 Å². The first-order valence-corrected chi connectivity index (χ1v) is 7.14. The van der Waals surface area contributed by atoms with Gasteiger partial charge in [-0.15, -0.1) is 0 Å². The second kappa shape index (κ2) is 5.64. The molecule has 0 N–H and O–H groups in total. The summed E-state index contributed by atoms with van der Waals surface area (Å²) in [6, 6.07) is 8.82. The molecule has 108 valence electrons. The Hall–Kier alpha value is -2.23. The van der Waals surface area contributed by atoms with Crippen LogP contribution in [0.25, 0.3) is 0 Å². The molecule has 1 aromatic carbocycles. The molecular formula is C17H17FN2O. The Kier molecular flexibility index (Phi) is 3.69. The van der Waals surface area contributed by atoms with Gasteiger partial charge in [0, 0.05) is 18.9 Å². The Labute approximate surface area is 123 Å². The second-order valence-corrected chi connectivity index (χ2v) is 5.37. The second-order valence-electron chi connectivity index (χ2n) is 5.37. The van der Waals surface area contributed by atoms with Crippen molar-refractivity contribution in [3.63, 3.8) is 0 Å². The third-order valence-electron chi connectivity index (χ3n) is 4.03. The van der Waals surface area contributed by atoms with Crippen LogP contribution >= 0.6 is 0 Å². The van der Waals surface area contributed by atoms with Crippen molar-refractivity contribution in [3.05, 3.63) is 65.2 Å². The molecule has 0 saturated carbocycles. The lowest BCUT2D eigenvalue weighted by Gasteiger charge is -2.25. The predicted molar refractivity (Wildman–Crippen MR) is 78.4 cm³/mol. The minimum atomic E-state index is -0.414. The molecule has 1 fully saturated rings. The number of hydrogen-bond donors (Lipinski definition) is 0. The van der Waals surface area contributed by atoms with E-state index < -0.39 is 5.82 Å². The summed E-state index contributed by atoms with van der Waals surface area (Å²) >= 11 is 0. The van der Waals surface area contributed by atoms with Gasteiger partial charge in [-0.1, -0.05) is 12.1 Å². The summed E-state index contributed by atoms with van der Waals surface area (Å²) in [5.74, 6) is -0.640. The van der Waals surface area contributed by atoms with Crippen molar-refractivity contribution >= 4 is 5.91 Å². The number of nitrogens with zero attached hydrogens (tertiary/aromatic N) is 2. The van der Waals surface area contributed by atoms with Crippen molar-refractivity contribution < 1.29 is 9.18 Å². The molecule has 0 bridgehead atoms. The number of pyridine rings is 1. The molecule has 2 heterocycles. The maximum Gasteiger partial charge on any atom is 0.257 e. The molecule has 1 atom stereocenters. The number of halogens is 1. The van der Waals surface area contributed by atoms with Gasteiger partial charge in [0.2, 0.25) is 0 Å². The fourth-order valence-electron chi connectivity index (χ4n) is 2.91. The monoisotopic (exact) mass is 284 g/mol. The van der Waals surface area contributed by atoms with E-state index in [1.807, 2.05) is 12.1 Å². The van der Waals surface area contributed by atoms with Crippen LogP contribution in [-0.2, 0) is 0 Å². The minimum Gasteiger partial charge on any atom is -0.332 e. The Morgan fingerprint density at radius 3 is 2.81 bits per heavy atom. The lowest BCUT2D eigenvalue weighted by atomic mass is 10.0. The molecule has 1 amide bonds. The molecule has 0 spiro atoms. The minimum absolute atomic E-state index is 0.0143. The van der Waals surface area contributed by atoms with Gasteiger partial charge in [-0.05, 0) is 49.1 Å². The van der Waals surface area contributed by atoms with Crippen molar-refractivity contribution in [2.24, 2.45) is 0 Å². The summed E-state index contributed by atoms with van der Waals surface area (Å²) in [7, 11) is 0. The number of likely N-dealkylation sites (tertiary alicyclic amines) is 1. The molecule has 0 radical (unpaired) electrons. The molecule has 1 unspecified atom stereocenters. The van der Waals surface area contributed by atoms with Crippen LogP contribution in [-0.4, -0.2) is 22.3 Å². The van der Waals surface area contributed by atoms with E-state index in [1.165, 1.54) is 0 Å². The molecule has 1 saturated heterocycles. The summed E-state index contributed by atoms with van der Waals surface area (Å²) in [4.78, 5) is 18.5. The number of carbonyl (C=O) groups excluding carboxylic acids is 1. The third kappa shape index (κ3) is 2.53. The lowest BCUT2D eigenvalue weighted by molar-refractivity contribution is 0.0730. The molecular weight excluding hydrogens is 267 g/mol. The zero-order chi connectivity index (χ0) is 14.8. The quantitative estimate of drug-likeness (QED) is 0.845. The largest absolute Gasteiger partial charge is 0.332 e. The summed E-state index contributed by atoms with van der Waals surface area (Å²) in [5.41, 5.74) is 1.72. The average molecular weight is 284 g/mol. The van der Waals surface area contributed by atoms with E-state index >= 15 is 0 Å². The van der Waals surface area contributed by atoms with Crippen LogP contribution in [0.3, 0.4) is 0 Å². The summed E-state index contributed by atoms with van der Waals surface area (Å²) in [6.07, 6.45) is 5.29. The number of aromatic nitrogens is 1. The van der Waals surface area contributed by atoms with Crippen molar-refractivity contribution in [3.8, 4) is 0 Å². The summed E-state index contributed by atoms with van der Waals surface area (Å²) in [5, 5.41) is 0. The smallest absolute Gasteiger partial charge is 0.257 e. The first-order chi connectivity index (χ1) is 10.2. The first-order valence-electron chi connectivity index (χ1n) is 7.14. The molecule has 21 heavy (non-hydrogen) atoms. The number of rotatable bonds is 2. The Balaban J connectivity index is 1.92. The standard InChI is InChI=1S/C17H17FN2O/c1-12-4-2-5-14(16(12)18)17(21)20-11-3-6-15(20)13-7-9-19-10-8-13/h2,4-5,7-10,15H,3,6,11H2,1H3. The maximum atomic E-state index is 14.2. The van der Waals surface area contributed by atoms with E-state index in [2.05, 4.69) is 4.98 Å². The Morgan fingerprint density at radius 1 is 1.29 bits per heavy atom. The zero-order valence-corrected chi connectivity index (χ0v) is 11.9. The molecule has 2 aromatic rings. The SMILES string of the molecule is Cc1cccc(C(=O)N2CCCC2c2ccncc2)c1F. The number of carbonyl (C=O) groups is 1. The fraction of sp³-hybridized carbons (Fsp3) is 0.294. The van der Waals surface area contributed by atoms with Crippen molar-refractivity contribution in [2.45, 2.75) is 25.8 Å². The highest BCUT2D eigenvalue weighted by molar-refractivity contribution is 5.95. The Bertz CT molecular complexity index is 657. The maximum absolute atomic E-state index is 14.2. The van der Waals surface area contributed by atoms with Crippen LogP contribution in [0.1, 0.15) is 40.4 Å². The van der Waals surface area contributed by atoms with Crippen LogP contribution in [0.4, 0.5) is 4.39 Å². The zero-order valence-electron chi connectivity index (χ0n) is 11.9. The third-order valence-corrected chi connectivity index (χ3v) is 4.03. The van der Waals surface area contributed by atoms with Crippen molar-refractivity contribution in [1.29, 1.82) is 0 Å². The van der Waals surface area contributed by atoms with E-state index in [0.717, 1.165) is 18.4 Å². The molecule has 1 aromatic heterocycles. The average Bonchev–Trinajstić information content (AvgIpc) is 3.00. The van der Waals surface area contributed by atoms with Crippen LogP contribution in [0.15, 0.2) is 42.7 Å². The number of aryl methyl sites for hydroxylation is 1. The van der Waals surface area contributed by atoms with E-state index in [0.29, 0.717) is 12.1 Å². The predicted octanol–water partition coefficient (Wildman–Crippen LogP) is 3.51. The van der Waals surface area contributed by atoms with Crippen molar-refractivity contribution in [1.82, 2.24) is 9.88 Å². The van der Waals surface area contributed by atoms with E-state index in [9.17, 15) is 9.18 Å². The van der Waals surface area contributed by atoms with Gasteiger partial charge < -0.3 is 4.90 Å². The van der Waals surface area contributed by atoms with Crippen LogP contribution in [0.5, 0.6) is 0 Å². The van der Waals surface area contributed by atoms with E-state index in [1.54, 1.807) is 42.4 Å². The van der Waals surface area contributed by atoms with Crippen LogP contribution in [0.2, 0.25) is 0 Å². The summed E-state index contributed by atoms with van der Waals surface area (Å²) in [6.45, 7) is 2.34. The molecule has 1 aliphatic rings. The van der Waals surface area contributed by atoms with Gasteiger partial charge in [0.05, 0.1) is 11.6 Å². The normalized spacial score (nSPS) is 18.0. The number of benzene rings is 1. The number of hydrogen-bond acceptors (Lipinski definition) is 2. The highest BCUT2D eigenvalue weighted by atomic mass is 19.1. The highest BCUT2D eigenvalue weighted by Gasteiger charge is 2.31. The summed E-state index contributed by atoms with van der Waals surface area (Å²) < 4.78 is 14.2. The van der Waals surface area contributed by atoms with Crippen molar-refractivity contribution in [2.75, 3.05) is 6.54 Å². The highest BCUT2D eigenvalue weighted by Crippen LogP contribution is 2.33. The van der Waals surface area contributed by atoms with Gasteiger partial charge in [-0.25, -0.2) is 4.39 Å². The molecule has 4 heteroatoms. The van der Waals surface area contributed by atoms with E-state index in [-0.39, 0.29) is 17.5 Å². The lowest BCUT2D eigenvalue weighted by Crippen LogP contribution is -2.31. The van der Waals surface area contributed by atoms with Gasteiger partial charge >= 0.3 is 0 Å². The molecule has 3 rings (SSSR count). The topological polar surface area (TPSA) is 33.2 Å². The fourth-order valence-corrected chi connectivity index (χ4v) is 2.91. The first kappa shape index (κ1) is 13.7. The number of amides is 1.